The van der Waals surface area contributed by atoms with Crippen molar-refractivity contribution in [2.75, 3.05) is 0 Å². The number of benzene rings is 2. The number of carboxylic acid groups (broad SMARTS) is 1. The second-order valence-corrected chi connectivity index (χ2v) is 8.60. The quantitative estimate of drug-likeness (QED) is 0.452. The molecular weight excluding hydrogens is 455 g/mol. The molecule has 0 radical (unpaired) electrons. The average molecular weight is 483 g/mol. The largest absolute Gasteiger partial charge is 0.490 e. The van der Waals surface area contributed by atoms with Gasteiger partial charge in [0.15, 0.2) is 5.76 Å². The van der Waals surface area contributed by atoms with Gasteiger partial charge in [0.2, 0.25) is 0 Å². The summed E-state index contributed by atoms with van der Waals surface area (Å²) in [5, 5.41) is 16.0. The van der Waals surface area contributed by atoms with Crippen molar-refractivity contribution in [1.82, 2.24) is 10.5 Å². The van der Waals surface area contributed by atoms with E-state index in [-0.39, 0.29) is 25.2 Å². The first-order valence-electron chi connectivity index (χ1n) is 11.5. The highest BCUT2D eigenvalue weighted by Crippen LogP contribution is 2.31. The number of nitrogens with zero attached hydrogens (tertiary/aromatic N) is 1. The molecule has 0 bridgehead atoms. The molecule has 2 aromatic carbocycles. The number of amides is 1. The molecule has 1 aliphatic rings. The molecule has 2 atom stereocenters. The predicted molar refractivity (Wildman–Crippen MR) is 124 cm³/mol. The van der Waals surface area contributed by atoms with Crippen molar-refractivity contribution in [1.29, 1.82) is 0 Å². The number of rotatable bonds is 8. The molecule has 4 rings (SSSR count). The maximum absolute atomic E-state index is 13.3. The zero-order chi connectivity index (χ0) is 24.8. The van der Waals surface area contributed by atoms with Gasteiger partial charge >= 0.3 is 12.1 Å². The highest BCUT2D eigenvalue weighted by Gasteiger charge is 2.28. The van der Waals surface area contributed by atoms with Crippen LogP contribution in [0.15, 0.2) is 53.1 Å². The van der Waals surface area contributed by atoms with Gasteiger partial charge in [-0.2, -0.15) is 0 Å². The van der Waals surface area contributed by atoms with Crippen molar-refractivity contribution in [2.24, 2.45) is 5.92 Å². The summed E-state index contributed by atoms with van der Waals surface area (Å²) < 4.78 is 29.9. The van der Waals surface area contributed by atoms with Crippen LogP contribution in [0.4, 0.5) is 9.18 Å². The van der Waals surface area contributed by atoms with Crippen LogP contribution in [0, 0.1) is 18.7 Å². The van der Waals surface area contributed by atoms with Crippen LogP contribution >= 0.6 is 0 Å². The first-order valence-corrected chi connectivity index (χ1v) is 11.5. The van der Waals surface area contributed by atoms with Gasteiger partial charge in [-0.15, -0.1) is 0 Å². The fourth-order valence-electron chi connectivity index (χ4n) is 4.16. The monoisotopic (exact) mass is 482 g/mol. The number of carbonyl (C=O) groups excluding carboxylic acids is 1. The Kier molecular flexibility index (Phi) is 7.64. The van der Waals surface area contributed by atoms with E-state index >= 15 is 0 Å². The van der Waals surface area contributed by atoms with Crippen LogP contribution in [-0.4, -0.2) is 28.4 Å². The number of aryl methyl sites for hydroxylation is 1. The maximum Gasteiger partial charge on any atom is 0.407 e. The maximum atomic E-state index is 13.3. The Balaban J connectivity index is 1.34. The molecule has 0 aliphatic heterocycles. The summed E-state index contributed by atoms with van der Waals surface area (Å²) >= 11 is 0. The summed E-state index contributed by atoms with van der Waals surface area (Å²) in [7, 11) is 0. The van der Waals surface area contributed by atoms with E-state index in [1.807, 2.05) is 24.3 Å². The minimum Gasteiger partial charge on any atom is -0.490 e. The molecule has 1 aromatic heterocycles. The lowest BCUT2D eigenvalue weighted by Crippen LogP contribution is -2.29. The summed E-state index contributed by atoms with van der Waals surface area (Å²) in [4.78, 5) is 23.4. The van der Waals surface area contributed by atoms with Crippen molar-refractivity contribution >= 4 is 12.1 Å². The van der Waals surface area contributed by atoms with E-state index in [1.165, 1.54) is 12.1 Å². The van der Waals surface area contributed by atoms with Crippen LogP contribution in [0.1, 0.15) is 42.5 Å². The fraction of sp³-hybridized carbons (Fsp3) is 0.346. The molecule has 3 aromatic rings. The first-order chi connectivity index (χ1) is 16.9. The Labute approximate surface area is 202 Å². The van der Waals surface area contributed by atoms with Gasteiger partial charge in [0.05, 0.1) is 24.3 Å². The van der Waals surface area contributed by atoms with E-state index < -0.39 is 17.9 Å². The minimum absolute atomic E-state index is 0.0469. The molecule has 8 nitrogen and oxygen atoms in total. The molecule has 1 amide bonds. The number of aliphatic carboxylic acids is 1. The Bertz CT molecular complexity index is 1180. The molecule has 9 heteroatoms. The second kappa shape index (κ2) is 11.0. The fourth-order valence-corrected chi connectivity index (χ4v) is 4.16. The molecule has 1 aliphatic carbocycles. The van der Waals surface area contributed by atoms with Crippen LogP contribution in [0.25, 0.3) is 11.3 Å². The molecule has 1 saturated carbocycles. The lowest BCUT2D eigenvalue weighted by Gasteiger charge is -2.27. The number of hydrogen-bond donors (Lipinski definition) is 2. The Morgan fingerprint density at radius 1 is 1.20 bits per heavy atom. The van der Waals surface area contributed by atoms with Crippen LogP contribution in [-0.2, 0) is 22.7 Å². The summed E-state index contributed by atoms with van der Waals surface area (Å²) in [6.07, 6.45) is 2.09. The third kappa shape index (κ3) is 6.38. The van der Waals surface area contributed by atoms with Gasteiger partial charge in [-0.3, -0.25) is 4.79 Å². The number of carboxylic acids is 1. The zero-order valence-electron chi connectivity index (χ0n) is 19.3. The molecule has 1 fully saturated rings. The Morgan fingerprint density at radius 3 is 2.74 bits per heavy atom. The Morgan fingerprint density at radius 2 is 2.00 bits per heavy atom. The summed E-state index contributed by atoms with van der Waals surface area (Å²) in [6, 6.07) is 13.1. The van der Waals surface area contributed by atoms with Crippen molar-refractivity contribution in [3.05, 3.63) is 71.2 Å². The van der Waals surface area contributed by atoms with Gasteiger partial charge in [0, 0.05) is 11.1 Å². The lowest BCUT2D eigenvalue weighted by molar-refractivity contribution is -0.143. The van der Waals surface area contributed by atoms with Gasteiger partial charge in [-0.25, -0.2) is 9.18 Å². The third-order valence-electron chi connectivity index (χ3n) is 6.05. The number of alkyl carbamates (subject to hydrolysis) is 1. The Hall–Kier alpha value is -3.88. The zero-order valence-corrected chi connectivity index (χ0v) is 19.3. The van der Waals surface area contributed by atoms with Crippen LogP contribution in [0.3, 0.4) is 0 Å². The van der Waals surface area contributed by atoms with Crippen LogP contribution < -0.4 is 10.1 Å². The molecule has 0 spiro atoms. The molecule has 0 saturated heterocycles. The average Bonchev–Trinajstić information content (AvgIpc) is 3.22. The van der Waals surface area contributed by atoms with Gasteiger partial charge < -0.3 is 24.4 Å². The van der Waals surface area contributed by atoms with Crippen LogP contribution in [0.2, 0.25) is 0 Å². The molecule has 0 unspecified atom stereocenters. The summed E-state index contributed by atoms with van der Waals surface area (Å²) in [6.45, 7) is 1.87. The van der Waals surface area contributed by atoms with E-state index in [0.29, 0.717) is 41.2 Å². The van der Waals surface area contributed by atoms with Crippen molar-refractivity contribution in [2.45, 2.75) is 51.9 Å². The number of ether oxygens (including phenoxy) is 2. The third-order valence-corrected chi connectivity index (χ3v) is 6.05. The SMILES string of the molecule is Cc1noc(-c2ccc(O[C@@H]3CCC[C@@H](C(=O)O)C3)cc2)c1CNC(=O)OCc1cccc(F)c1. The molecule has 35 heavy (non-hydrogen) atoms. The van der Waals surface area contributed by atoms with E-state index in [4.69, 9.17) is 14.0 Å². The van der Waals surface area contributed by atoms with E-state index in [1.54, 1.807) is 19.1 Å². The smallest absolute Gasteiger partial charge is 0.407 e. The van der Waals surface area contributed by atoms with E-state index in [0.717, 1.165) is 18.4 Å². The molecule has 184 valence electrons. The van der Waals surface area contributed by atoms with Crippen molar-refractivity contribution in [3.8, 4) is 17.1 Å². The van der Waals surface area contributed by atoms with Crippen LogP contribution in [0.5, 0.6) is 5.75 Å². The number of aromatic nitrogens is 1. The van der Waals surface area contributed by atoms with E-state index in [2.05, 4.69) is 10.5 Å². The highest BCUT2D eigenvalue weighted by molar-refractivity contribution is 5.70. The van der Waals surface area contributed by atoms with Gasteiger partial charge in [0.25, 0.3) is 0 Å². The molecule has 2 N–H and O–H groups in total. The molecular formula is C26H27FN2O6. The normalized spacial score (nSPS) is 17.5. The summed E-state index contributed by atoms with van der Waals surface area (Å²) in [5.74, 6) is -0.352. The number of carbonyl (C=O) groups is 2. The topological polar surface area (TPSA) is 111 Å². The molecule has 1 heterocycles. The number of halogens is 1. The minimum atomic E-state index is -0.770. The van der Waals surface area contributed by atoms with Crippen molar-refractivity contribution < 1.29 is 33.1 Å². The van der Waals surface area contributed by atoms with Gasteiger partial charge in [-0.1, -0.05) is 17.3 Å². The van der Waals surface area contributed by atoms with Gasteiger partial charge in [-0.05, 0) is 74.6 Å². The predicted octanol–water partition coefficient (Wildman–Crippen LogP) is 5.24. The number of hydrogen-bond acceptors (Lipinski definition) is 6. The van der Waals surface area contributed by atoms with Gasteiger partial charge in [0.1, 0.15) is 18.2 Å². The standard InChI is InChI=1S/C26H27FN2O6/c1-16-23(14-28-26(32)33-15-17-4-2-6-20(27)12-17)24(35-29-16)18-8-10-21(11-9-18)34-22-7-3-5-19(13-22)25(30)31/h2,4,6,8-12,19,22H,3,5,7,13-15H2,1H3,(H,28,32)(H,30,31)/t19-,22-/m1/s1. The lowest BCUT2D eigenvalue weighted by atomic mass is 9.87. The summed E-state index contributed by atoms with van der Waals surface area (Å²) in [5.41, 5.74) is 2.65. The number of nitrogens with one attached hydrogen (secondary N) is 1. The van der Waals surface area contributed by atoms with Crippen molar-refractivity contribution in [3.63, 3.8) is 0 Å². The first kappa shape index (κ1) is 24.3. The second-order valence-electron chi connectivity index (χ2n) is 8.60. The van der Waals surface area contributed by atoms with E-state index in [9.17, 15) is 19.1 Å². The highest BCUT2D eigenvalue weighted by atomic mass is 19.1.